The highest BCUT2D eigenvalue weighted by Crippen LogP contribution is 2.27. The van der Waals surface area contributed by atoms with E-state index >= 15 is 0 Å². The smallest absolute Gasteiger partial charge is 0.119 e. The van der Waals surface area contributed by atoms with Gasteiger partial charge < -0.3 is 10.1 Å². The maximum absolute atomic E-state index is 5.83. The number of hydrogen-bond acceptors (Lipinski definition) is 3. The quantitative estimate of drug-likeness (QED) is 0.819. The normalized spacial score (nSPS) is 11.1. The Labute approximate surface area is 126 Å². The summed E-state index contributed by atoms with van der Waals surface area (Å²) < 4.78 is 5.83. The van der Waals surface area contributed by atoms with Crippen molar-refractivity contribution < 1.29 is 4.74 Å². The van der Waals surface area contributed by atoms with Crippen LogP contribution in [0, 0.1) is 12.8 Å². The first-order valence-corrected chi connectivity index (χ1v) is 7.53. The van der Waals surface area contributed by atoms with Crippen LogP contribution in [0.2, 0.25) is 0 Å². The first-order valence-electron chi connectivity index (χ1n) is 7.53. The van der Waals surface area contributed by atoms with Crippen molar-refractivity contribution in [1.82, 2.24) is 15.5 Å². The van der Waals surface area contributed by atoms with Crippen LogP contribution in [0.15, 0.2) is 24.3 Å². The van der Waals surface area contributed by atoms with Gasteiger partial charge in [0.25, 0.3) is 0 Å². The minimum absolute atomic E-state index is 0.657. The summed E-state index contributed by atoms with van der Waals surface area (Å²) in [5.74, 6) is 1.56. The fourth-order valence-corrected chi connectivity index (χ4v) is 2.23. The van der Waals surface area contributed by atoms with Crippen molar-refractivity contribution in [2.75, 3.05) is 13.7 Å². The molecule has 2 aromatic rings. The van der Waals surface area contributed by atoms with Gasteiger partial charge in [0, 0.05) is 23.4 Å². The molecule has 0 aliphatic rings. The summed E-state index contributed by atoms with van der Waals surface area (Å²) in [6.07, 6.45) is 1.07. The predicted molar refractivity (Wildman–Crippen MR) is 86.5 cm³/mol. The Balaban J connectivity index is 2.17. The third-order valence-corrected chi connectivity index (χ3v) is 3.50. The van der Waals surface area contributed by atoms with Gasteiger partial charge in [-0.1, -0.05) is 26.0 Å². The molecule has 1 aromatic carbocycles. The number of nitrogens with zero attached hydrogens (tertiary/aromatic N) is 1. The molecule has 114 valence electrons. The topological polar surface area (TPSA) is 49.9 Å². The van der Waals surface area contributed by atoms with Crippen LogP contribution in [-0.2, 0) is 6.54 Å². The lowest BCUT2D eigenvalue weighted by atomic mass is 10.1. The predicted octanol–water partition coefficient (Wildman–Crippen LogP) is 3.53. The van der Waals surface area contributed by atoms with Gasteiger partial charge in [-0.25, -0.2) is 0 Å². The molecular formula is C17H25N3O. The molecule has 1 aromatic heterocycles. The van der Waals surface area contributed by atoms with Crippen LogP contribution in [0.25, 0.3) is 11.3 Å². The minimum Gasteiger partial charge on any atom is -0.494 e. The lowest BCUT2D eigenvalue weighted by Gasteiger charge is -2.09. The number of hydrogen-bond donors (Lipinski definition) is 2. The van der Waals surface area contributed by atoms with Crippen LogP contribution in [0.4, 0.5) is 0 Å². The third kappa shape index (κ3) is 4.08. The second-order valence-electron chi connectivity index (χ2n) is 5.76. The van der Waals surface area contributed by atoms with Crippen molar-refractivity contribution in [1.29, 1.82) is 0 Å². The van der Waals surface area contributed by atoms with Gasteiger partial charge in [0.15, 0.2) is 0 Å². The van der Waals surface area contributed by atoms with E-state index in [1.165, 1.54) is 5.56 Å². The Morgan fingerprint density at radius 3 is 2.86 bits per heavy atom. The largest absolute Gasteiger partial charge is 0.494 e. The molecule has 21 heavy (non-hydrogen) atoms. The van der Waals surface area contributed by atoms with Gasteiger partial charge in [0.05, 0.1) is 12.3 Å². The van der Waals surface area contributed by atoms with Crippen LogP contribution in [0.3, 0.4) is 0 Å². The zero-order valence-corrected chi connectivity index (χ0v) is 13.4. The Morgan fingerprint density at radius 1 is 1.33 bits per heavy atom. The lowest BCUT2D eigenvalue weighted by Crippen LogP contribution is -2.06. The Hall–Kier alpha value is -1.81. The molecule has 0 atom stereocenters. The van der Waals surface area contributed by atoms with E-state index in [0.717, 1.165) is 42.3 Å². The second kappa shape index (κ2) is 7.27. The van der Waals surface area contributed by atoms with Crippen LogP contribution < -0.4 is 10.1 Å². The molecule has 1 heterocycles. The Morgan fingerprint density at radius 2 is 2.14 bits per heavy atom. The van der Waals surface area contributed by atoms with E-state index in [1.807, 2.05) is 26.1 Å². The van der Waals surface area contributed by atoms with E-state index in [0.29, 0.717) is 5.92 Å². The van der Waals surface area contributed by atoms with Crippen molar-refractivity contribution in [3.8, 4) is 17.0 Å². The number of aromatic nitrogens is 2. The monoisotopic (exact) mass is 287 g/mol. The molecule has 2 N–H and O–H groups in total. The number of aryl methyl sites for hydroxylation is 1. The lowest BCUT2D eigenvalue weighted by molar-refractivity contribution is 0.289. The molecule has 0 aliphatic carbocycles. The fourth-order valence-electron chi connectivity index (χ4n) is 2.23. The molecule has 2 rings (SSSR count). The molecule has 0 radical (unpaired) electrons. The summed E-state index contributed by atoms with van der Waals surface area (Å²) in [5.41, 5.74) is 4.39. The number of aromatic amines is 1. The molecule has 4 heteroatoms. The van der Waals surface area contributed by atoms with Crippen molar-refractivity contribution in [3.05, 3.63) is 35.5 Å². The van der Waals surface area contributed by atoms with E-state index in [1.54, 1.807) is 0 Å². The number of nitrogens with one attached hydrogen (secondary N) is 2. The number of H-pyrrole nitrogens is 1. The van der Waals surface area contributed by atoms with Crippen molar-refractivity contribution in [2.24, 2.45) is 5.92 Å². The standard InChI is InChI=1S/C17H25N3O/c1-12(2)8-9-21-15-7-5-6-14(10-15)17-16(11-18-4)13(3)19-20-17/h5-7,10,12,18H,8-9,11H2,1-4H3,(H,19,20). The van der Waals surface area contributed by atoms with E-state index in [-0.39, 0.29) is 0 Å². The maximum Gasteiger partial charge on any atom is 0.119 e. The Bertz CT molecular complexity index is 575. The molecule has 4 nitrogen and oxygen atoms in total. The van der Waals surface area contributed by atoms with Crippen LogP contribution in [0.5, 0.6) is 5.75 Å². The van der Waals surface area contributed by atoms with Crippen LogP contribution in [0.1, 0.15) is 31.5 Å². The number of rotatable bonds is 7. The number of benzene rings is 1. The minimum atomic E-state index is 0.657. The van der Waals surface area contributed by atoms with Gasteiger partial charge in [-0.2, -0.15) is 5.10 Å². The summed E-state index contributed by atoms with van der Waals surface area (Å²) in [5, 5.41) is 10.7. The first kappa shape index (κ1) is 15.6. The number of ether oxygens (including phenoxy) is 1. The van der Waals surface area contributed by atoms with Gasteiger partial charge >= 0.3 is 0 Å². The summed E-state index contributed by atoms with van der Waals surface area (Å²) in [7, 11) is 1.95. The fraction of sp³-hybridized carbons (Fsp3) is 0.471. The van der Waals surface area contributed by atoms with E-state index in [4.69, 9.17) is 4.74 Å². The molecule has 0 bridgehead atoms. The van der Waals surface area contributed by atoms with Crippen LogP contribution >= 0.6 is 0 Å². The maximum atomic E-state index is 5.83. The molecule has 0 saturated carbocycles. The highest BCUT2D eigenvalue weighted by atomic mass is 16.5. The molecular weight excluding hydrogens is 262 g/mol. The molecule has 0 spiro atoms. The average molecular weight is 287 g/mol. The molecule has 0 saturated heterocycles. The van der Waals surface area contributed by atoms with Crippen molar-refractivity contribution >= 4 is 0 Å². The summed E-state index contributed by atoms with van der Waals surface area (Å²) in [6.45, 7) is 8.01. The first-order chi connectivity index (χ1) is 10.1. The van der Waals surface area contributed by atoms with Gasteiger partial charge in [-0.3, -0.25) is 5.10 Å². The Kier molecular flexibility index (Phi) is 5.39. The van der Waals surface area contributed by atoms with Gasteiger partial charge in [0.1, 0.15) is 5.75 Å². The highest BCUT2D eigenvalue weighted by Gasteiger charge is 2.12. The summed E-state index contributed by atoms with van der Waals surface area (Å²) in [6, 6.07) is 8.16. The van der Waals surface area contributed by atoms with Crippen molar-refractivity contribution in [2.45, 2.75) is 33.7 Å². The zero-order valence-electron chi connectivity index (χ0n) is 13.4. The average Bonchev–Trinajstić information content (AvgIpc) is 2.81. The summed E-state index contributed by atoms with van der Waals surface area (Å²) >= 11 is 0. The molecule has 0 fully saturated rings. The second-order valence-corrected chi connectivity index (χ2v) is 5.76. The van der Waals surface area contributed by atoms with E-state index in [2.05, 4.69) is 41.5 Å². The van der Waals surface area contributed by atoms with Gasteiger partial charge in [-0.05, 0) is 38.4 Å². The SMILES string of the molecule is CNCc1c(-c2cccc(OCCC(C)C)c2)n[nH]c1C. The highest BCUT2D eigenvalue weighted by molar-refractivity contribution is 5.65. The van der Waals surface area contributed by atoms with E-state index < -0.39 is 0 Å². The molecule has 0 amide bonds. The van der Waals surface area contributed by atoms with Gasteiger partial charge in [-0.15, -0.1) is 0 Å². The molecule has 0 aliphatic heterocycles. The van der Waals surface area contributed by atoms with Crippen molar-refractivity contribution in [3.63, 3.8) is 0 Å². The summed E-state index contributed by atoms with van der Waals surface area (Å²) in [4.78, 5) is 0. The zero-order chi connectivity index (χ0) is 15.2. The van der Waals surface area contributed by atoms with Crippen LogP contribution in [-0.4, -0.2) is 23.9 Å². The van der Waals surface area contributed by atoms with E-state index in [9.17, 15) is 0 Å². The van der Waals surface area contributed by atoms with Gasteiger partial charge in [0.2, 0.25) is 0 Å². The third-order valence-electron chi connectivity index (χ3n) is 3.50. The molecule has 0 unspecified atom stereocenters.